The fourth-order valence-corrected chi connectivity index (χ4v) is 5.21. The topological polar surface area (TPSA) is 70.7 Å². The Balaban J connectivity index is 1.43. The van der Waals surface area contributed by atoms with Crippen molar-refractivity contribution in [3.05, 3.63) is 24.3 Å². The number of nitrogens with one attached hydrogen (secondary N) is 2. The Morgan fingerprint density at radius 3 is 2.44 bits per heavy atom. The molecule has 2 aliphatic heterocycles. The molecule has 2 saturated heterocycles. The van der Waals surface area contributed by atoms with E-state index in [4.69, 9.17) is 4.74 Å². The summed E-state index contributed by atoms with van der Waals surface area (Å²) in [5, 5.41) is 5.88. The largest absolute Gasteiger partial charge is 0.381 e. The minimum atomic E-state index is -0.0158. The fraction of sp³-hybridized carbons (Fsp3) is 0.619. The molecule has 3 aliphatic rings. The minimum absolute atomic E-state index is 0.000565. The Bertz CT molecular complexity index is 697. The number of urea groups is 1. The maximum absolute atomic E-state index is 13.0. The molecule has 0 bridgehead atoms. The molecule has 6 heteroatoms. The van der Waals surface area contributed by atoms with Gasteiger partial charge < -0.3 is 20.3 Å². The molecule has 146 valence electrons. The van der Waals surface area contributed by atoms with Crippen LogP contribution in [-0.2, 0) is 9.53 Å². The summed E-state index contributed by atoms with van der Waals surface area (Å²) in [7, 11) is 0. The first kappa shape index (κ1) is 18.3. The zero-order valence-electron chi connectivity index (χ0n) is 16.0. The molecule has 6 nitrogen and oxygen atoms in total. The number of ether oxygens (including phenoxy) is 1. The molecule has 1 aromatic carbocycles. The SMILES string of the molecule is CCC(=O)Nc1ccc(NC(=O)N2CC3(CCOCC3)[C@@H]3CCC[C@@H]32)cc1. The second-order valence-corrected chi connectivity index (χ2v) is 8.12. The number of carbonyl (C=O) groups is 2. The van der Waals surface area contributed by atoms with Gasteiger partial charge in [0.2, 0.25) is 5.91 Å². The van der Waals surface area contributed by atoms with Crippen molar-refractivity contribution in [2.75, 3.05) is 30.4 Å². The molecule has 3 amide bonds. The molecule has 4 rings (SSSR count). The van der Waals surface area contributed by atoms with Gasteiger partial charge in [0, 0.05) is 43.6 Å². The van der Waals surface area contributed by atoms with Crippen LogP contribution in [0.1, 0.15) is 45.4 Å². The third kappa shape index (κ3) is 3.55. The van der Waals surface area contributed by atoms with Crippen LogP contribution >= 0.6 is 0 Å². The summed E-state index contributed by atoms with van der Waals surface area (Å²) in [6, 6.07) is 7.70. The molecule has 0 aromatic heterocycles. The van der Waals surface area contributed by atoms with E-state index >= 15 is 0 Å². The van der Waals surface area contributed by atoms with Crippen molar-refractivity contribution in [3.8, 4) is 0 Å². The average molecular weight is 371 g/mol. The number of rotatable bonds is 3. The summed E-state index contributed by atoms with van der Waals surface area (Å²) < 4.78 is 5.59. The van der Waals surface area contributed by atoms with Gasteiger partial charge in [-0.2, -0.15) is 0 Å². The van der Waals surface area contributed by atoms with Gasteiger partial charge in [0.25, 0.3) is 0 Å². The van der Waals surface area contributed by atoms with E-state index in [2.05, 4.69) is 15.5 Å². The van der Waals surface area contributed by atoms with E-state index in [1.165, 1.54) is 12.8 Å². The molecule has 27 heavy (non-hydrogen) atoms. The van der Waals surface area contributed by atoms with E-state index in [-0.39, 0.29) is 17.4 Å². The molecular weight excluding hydrogens is 342 g/mol. The summed E-state index contributed by atoms with van der Waals surface area (Å²) in [6.45, 7) is 4.32. The summed E-state index contributed by atoms with van der Waals surface area (Å²) >= 11 is 0. The lowest BCUT2D eigenvalue weighted by atomic mass is 9.71. The molecule has 0 unspecified atom stereocenters. The highest BCUT2D eigenvalue weighted by Crippen LogP contribution is 2.53. The molecule has 1 spiro atoms. The van der Waals surface area contributed by atoms with E-state index in [1.807, 2.05) is 31.2 Å². The maximum atomic E-state index is 13.0. The Kier molecular flexibility index (Phi) is 5.08. The highest BCUT2D eigenvalue weighted by molar-refractivity contribution is 5.92. The second-order valence-electron chi connectivity index (χ2n) is 8.12. The number of amides is 3. The number of nitrogens with zero attached hydrogens (tertiary/aromatic N) is 1. The van der Waals surface area contributed by atoms with Crippen molar-refractivity contribution in [1.29, 1.82) is 0 Å². The van der Waals surface area contributed by atoms with Crippen molar-refractivity contribution < 1.29 is 14.3 Å². The van der Waals surface area contributed by atoms with Gasteiger partial charge in [-0.05, 0) is 61.3 Å². The highest BCUT2D eigenvalue weighted by Gasteiger charge is 2.55. The summed E-state index contributed by atoms with van der Waals surface area (Å²) in [5.41, 5.74) is 1.76. The Labute approximate surface area is 160 Å². The average Bonchev–Trinajstić information content (AvgIpc) is 3.28. The van der Waals surface area contributed by atoms with E-state index in [0.717, 1.165) is 50.4 Å². The van der Waals surface area contributed by atoms with Gasteiger partial charge in [0.05, 0.1) is 0 Å². The first-order chi connectivity index (χ1) is 13.1. The molecule has 3 fully saturated rings. The maximum Gasteiger partial charge on any atom is 0.322 e. The molecule has 0 radical (unpaired) electrons. The van der Waals surface area contributed by atoms with Gasteiger partial charge in [-0.1, -0.05) is 13.3 Å². The zero-order valence-corrected chi connectivity index (χ0v) is 16.0. The summed E-state index contributed by atoms with van der Waals surface area (Å²) in [4.78, 5) is 26.6. The smallest absolute Gasteiger partial charge is 0.322 e. The van der Waals surface area contributed by atoms with Crippen LogP contribution in [0.3, 0.4) is 0 Å². The van der Waals surface area contributed by atoms with Crippen LogP contribution in [0.25, 0.3) is 0 Å². The van der Waals surface area contributed by atoms with Crippen LogP contribution in [0.5, 0.6) is 0 Å². The summed E-state index contributed by atoms with van der Waals surface area (Å²) in [5.74, 6) is 0.608. The number of fused-ring (bicyclic) bond motifs is 2. The normalized spacial score (nSPS) is 26.0. The summed E-state index contributed by atoms with van der Waals surface area (Å²) in [6.07, 6.45) is 6.16. The first-order valence-electron chi connectivity index (χ1n) is 10.2. The number of carbonyl (C=O) groups excluding carboxylic acids is 2. The number of benzene rings is 1. The number of hydrogen-bond donors (Lipinski definition) is 2. The van der Waals surface area contributed by atoms with Crippen LogP contribution in [0.2, 0.25) is 0 Å². The number of hydrogen-bond acceptors (Lipinski definition) is 3. The molecule has 1 aromatic rings. The van der Waals surface area contributed by atoms with E-state index < -0.39 is 0 Å². The van der Waals surface area contributed by atoms with Crippen molar-refractivity contribution in [3.63, 3.8) is 0 Å². The van der Waals surface area contributed by atoms with Crippen LogP contribution < -0.4 is 10.6 Å². The van der Waals surface area contributed by atoms with Gasteiger partial charge >= 0.3 is 6.03 Å². The lowest BCUT2D eigenvalue weighted by Crippen LogP contribution is -2.40. The lowest BCUT2D eigenvalue weighted by molar-refractivity contribution is -0.115. The number of likely N-dealkylation sites (tertiary alicyclic amines) is 1. The standard InChI is InChI=1S/C21H29N3O3/c1-2-19(25)22-15-6-8-16(9-7-15)23-20(26)24-14-21(10-12-27-13-11-21)17-4-3-5-18(17)24/h6-9,17-18H,2-5,10-14H2,1H3,(H,22,25)(H,23,26)/t17-,18+/m1/s1. The number of anilines is 2. The monoisotopic (exact) mass is 371 g/mol. The third-order valence-corrected chi connectivity index (χ3v) is 6.64. The highest BCUT2D eigenvalue weighted by atomic mass is 16.5. The van der Waals surface area contributed by atoms with Crippen LogP contribution in [0.4, 0.5) is 16.2 Å². The van der Waals surface area contributed by atoms with E-state index in [0.29, 0.717) is 18.4 Å². The Morgan fingerprint density at radius 1 is 1.11 bits per heavy atom. The van der Waals surface area contributed by atoms with Crippen LogP contribution in [0, 0.1) is 11.3 Å². The Morgan fingerprint density at radius 2 is 1.78 bits per heavy atom. The lowest BCUT2D eigenvalue weighted by Gasteiger charge is -2.37. The van der Waals surface area contributed by atoms with Gasteiger partial charge in [0.1, 0.15) is 0 Å². The van der Waals surface area contributed by atoms with Crippen molar-refractivity contribution >= 4 is 23.3 Å². The molecule has 1 saturated carbocycles. The van der Waals surface area contributed by atoms with Crippen LogP contribution in [0.15, 0.2) is 24.3 Å². The zero-order chi connectivity index (χ0) is 18.9. The van der Waals surface area contributed by atoms with Gasteiger partial charge in [-0.15, -0.1) is 0 Å². The van der Waals surface area contributed by atoms with E-state index in [9.17, 15) is 9.59 Å². The van der Waals surface area contributed by atoms with Crippen molar-refractivity contribution in [2.24, 2.45) is 11.3 Å². The molecule has 1 aliphatic carbocycles. The molecule has 2 atom stereocenters. The van der Waals surface area contributed by atoms with Crippen molar-refractivity contribution in [1.82, 2.24) is 4.90 Å². The van der Waals surface area contributed by atoms with Gasteiger partial charge in [-0.3, -0.25) is 4.79 Å². The predicted octanol–water partition coefficient (Wildman–Crippen LogP) is 3.85. The quantitative estimate of drug-likeness (QED) is 0.848. The predicted molar refractivity (Wildman–Crippen MR) is 105 cm³/mol. The van der Waals surface area contributed by atoms with Gasteiger partial charge in [0.15, 0.2) is 0 Å². The van der Waals surface area contributed by atoms with Gasteiger partial charge in [-0.25, -0.2) is 4.79 Å². The second kappa shape index (κ2) is 7.50. The Hall–Kier alpha value is -2.08. The molecule has 2 heterocycles. The van der Waals surface area contributed by atoms with Crippen LogP contribution in [-0.4, -0.2) is 42.6 Å². The molecule has 2 N–H and O–H groups in total. The minimum Gasteiger partial charge on any atom is -0.381 e. The van der Waals surface area contributed by atoms with E-state index in [1.54, 1.807) is 0 Å². The fourth-order valence-electron chi connectivity index (χ4n) is 5.21. The molecular formula is C21H29N3O3. The third-order valence-electron chi connectivity index (χ3n) is 6.64. The van der Waals surface area contributed by atoms with Crippen molar-refractivity contribution in [2.45, 2.75) is 51.5 Å². The first-order valence-corrected chi connectivity index (χ1v) is 10.2.